The highest BCUT2D eigenvalue weighted by Gasteiger charge is 2.19. The molecular weight excluding hydrogens is 299 g/mol. The number of carbonyl (C=O) groups excluding carboxylic acids is 1. The molecule has 3 rings (SSSR count). The number of benzene rings is 1. The van der Waals surface area contributed by atoms with Gasteiger partial charge in [-0.25, -0.2) is 4.39 Å². The summed E-state index contributed by atoms with van der Waals surface area (Å²) >= 11 is 1.46. The van der Waals surface area contributed by atoms with Crippen molar-refractivity contribution in [3.05, 3.63) is 50.5 Å². The van der Waals surface area contributed by atoms with Crippen LogP contribution in [-0.4, -0.2) is 12.5 Å². The molecule has 0 aliphatic carbocycles. The Morgan fingerprint density at radius 3 is 3.00 bits per heavy atom. The average Bonchev–Trinajstić information content (AvgIpc) is 2.91. The first-order valence-corrected chi connectivity index (χ1v) is 8.33. The first-order valence-electron chi connectivity index (χ1n) is 7.51. The Labute approximate surface area is 133 Å². The zero-order valence-electron chi connectivity index (χ0n) is 12.8. The Bertz CT molecular complexity index is 724. The molecule has 0 saturated heterocycles. The Morgan fingerprint density at radius 1 is 1.45 bits per heavy atom. The Balaban J connectivity index is 1.84. The van der Waals surface area contributed by atoms with Crippen LogP contribution < -0.4 is 10.6 Å². The lowest BCUT2D eigenvalue weighted by atomic mass is 9.99. The highest BCUT2D eigenvalue weighted by atomic mass is 32.1. The summed E-state index contributed by atoms with van der Waals surface area (Å²) in [6, 6.07) is 5.44. The number of thiophene rings is 1. The lowest BCUT2D eigenvalue weighted by Gasteiger charge is -2.19. The molecule has 1 aromatic carbocycles. The Hall–Kier alpha value is -1.72. The number of halogens is 1. The van der Waals surface area contributed by atoms with Gasteiger partial charge < -0.3 is 10.6 Å². The highest BCUT2D eigenvalue weighted by Crippen LogP contribution is 2.27. The summed E-state index contributed by atoms with van der Waals surface area (Å²) in [6.07, 6.45) is 1.55. The number of rotatable bonds is 3. The summed E-state index contributed by atoms with van der Waals surface area (Å²) in [5, 5.41) is 5.93. The summed E-state index contributed by atoms with van der Waals surface area (Å²) in [6.45, 7) is 5.52. The minimum absolute atomic E-state index is 0.236. The molecule has 1 aliphatic heterocycles. The maximum absolute atomic E-state index is 14.5. The number of nitrogens with one attached hydrogen (secondary N) is 2. The minimum Gasteiger partial charge on any atom is -0.319 e. The summed E-state index contributed by atoms with van der Waals surface area (Å²) in [7, 11) is 0. The second-order valence-corrected chi connectivity index (χ2v) is 6.75. The fraction of sp³-hybridized carbons (Fsp3) is 0.353. The van der Waals surface area contributed by atoms with Crippen molar-refractivity contribution in [3.63, 3.8) is 0 Å². The van der Waals surface area contributed by atoms with Gasteiger partial charge in [-0.2, -0.15) is 0 Å². The fourth-order valence-electron chi connectivity index (χ4n) is 2.80. The molecule has 5 heteroatoms. The van der Waals surface area contributed by atoms with Gasteiger partial charge in [-0.3, -0.25) is 4.79 Å². The molecule has 2 N–H and O–H groups in total. The van der Waals surface area contributed by atoms with Crippen molar-refractivity contribution in [2.24, 2.45) is 0 Å². The van der Waals surface area contributed by atoms with Crippen molar-refractivity contribution >= 4 is 22.9 Å². The van der Waals surface area contributed by atoms with Crippen LogP contribution in [0.5, 0.6) is 0 Å². The summed E-state index contributed by atoms with van der Waals surface area (Å²) in [5.74, 6) is -0.531. The smallest absolute Gasteiger partial charge is 0.265 e. The van der Waals surface area contributed by atoms with E-state index in [0.29, 0.717) is 23.4 Å². The van der Waals surface area contributed by atoms with Crippen molar-refractivity contribution in [1.82, 2.24) is 5.32 Å². The first kappa shape index (κ1) is 15.2. The average molecular weight is 318 g/mol. The number of hydrogen-bond donors (Lipinski definition) is 2. The van der Waals surface area contributed by atoms with Crippen LogP contribution in [0.15, 0.2) is 18.2 Å². The molecule has 1 aliphatic rings. The highest BCUT2D eigenvalue weighted by molar-refractivity contribution is 7.14. The van der Waals surface area contributed by atoms with Gasteiger partial charge in [0, 0.05) is 11.4 Å². The third-order valence-electron chi connectivity index (χ3n) is 4.08. The van der Waals surface area contributed by atoms with Gasteiger partial charge in [0.1, 0.15) is 5.82 Å². The van der Waals surface area contributed by atoms with Crippen LogP contribution in [0.3, 0.4) is 0 Å². The van der Waals surface area contributed by atoms with Crippen molar-refractivity contribution in [1.29, 1.82) is 0 Å². The van der Waals surface area contributed by atoms with Crippen molar-refractivity contribution in [2.75, 3.05) is 11.9 Å². The molecule has 0 spiro atoms. The number of anilines is 1. The third-order valence-corrected chi connectivity index (χ3v) is 5.17. The topological polar surface area (TPSA) is 41.1 Å². The van der Waals surface area contributed by atoms with E-state index in [4.69, 9.17) is 0 Å². The normalized spacial score (nSPS) is 13.8. The minimum atomic E-state index is -0.295. The summed E-state index contributed by atoms with van der Waals surface area (Å²) in [5.41, 5.74) is 3.14. The van der Waals surface area contributed by atoms with Gasteiger partial charge in [0.25, 0.3) is 5.91 Å². The molecule has 0 atom stereocenters. The molecule has 1 aromatic heterocycles. The van der Waals surface area contributed by atoms with Gasteiger partial charge >= 0.3 is 0 Å². The second-order valence-electron chi connectivity index (χ2n) is 5.49. The van der Waals surface area contributed by atoms with Gasteiger partial charge in [0.15, 0.2) is 0 Å². The van der Waals surface area contributed by atoms with Gasteiger partial charge in [0.2, 0.25) is 0 Å². The van der Waals surface area contributed by atoms with Crippen LogP contribution in [0.1, 0.15) is 38.2 Å². The summed E-state index contributed by atoms with van der Waals surface area (Å²) in [4.78, 5) is 14.1. The van der Waals surface area contributed by atoms with E-state index in [1.807, 2.05) is 19.1 Å². The molecule has 1 amide bonds. The van der Waals surface area contributed by atoms with Crippen LogP contribution in [0.4, 0.5) is 10.1 Å². The van der Waals surface area contributed by atoms with E-state index < -0.39 is 0 Å². The second kappa shape index (κ2) is 6.18. The number of aryl methyl sites for hydroxylation is 2. The zero-order valence-corrected chi connectivity index (χ0v) is 13.6. The van der Waals surface area contributed by atoms with Gasteiger partial charge in [-0.1, -0.05) is 13.0 Å². The molecule has 3 nitrogen and oxygen atoms in total. The lowest BCUT2D eigenvalue weighted by molar-refractivity contribution is 0.103. The standard InChI is InChI=1S/C17H19FN2OS/c1-3-11-8-15(22-10(11)2)17(21)20-14-5-4-12-9-19-7-6-13(12)16(14)18/h4-5,8,19H,3,6-7,9H2,1-2H3,(H,20,21). The SMILES string of the molecule is CCc1cc(C(=O)Nc2ccc3c(c2F)CCNC3)sc1C. The molecule has 2 heterocycles. The van der Waals surface area contributed by atoms with Gasteiger partial charge in [-0.15, -0.1) is 11.3 Å². The van der Waals surface area contributed by atoms with E-state index in [-0.39, 0.29) is 17.4 Å². The van der Waals surface area contributed by atoms with Crippen molar-refractivity contribution < 1.29 is 9.18 Å². The lowest BCUT2D eigenvalue weighted by Crippen LogP contribution is -2.25. The molecular formula is C17H19FN2OS. The predicted molar refractivity (Wildman–Crippen MR) is 88.2 cm³/mol. The molecule has 0 fully saturated rings. The molecule has 22 heavy (non-hydrogen) atoms. The molecule has 0 bridgehead atoms. The maximum atomic E-state index is 14.5. The third kappa shape index (κ3) is 2.78. The van der Waals surface area contributed by atoms with Gasteiger partial charge in [0.05, 0.1) is 10.6 Å². The quantitative estimate of drug-likeness (QED) is 0.907. The van der Waals surface area contributed by atoms with E-state index in [1.165, 1.54) is 16.9 Å². The zero-order chi connectivity index (χ0) is 15.7. The largest absolute Gasteiger partial charge is 0.319 e. The van der Waals surface area contributed by atoms with E-state index in [2.05, 4.69) is 17.6 Å². The van der Waals surface area contributed by atoms with E-state index >= 15 is 0 Å². The van der Waals surface area contributed by atoms with Crippen LogP contribution in [0, 0.1) is 12.7 Å². The van der Waals surface area contributed by atoms with E-state index in [9.17, 15) is 9.18 Å². The number of fused-ring (bicyclic) bond motifs is 1. The van der Waals surface area contributed by atoms with Gasteiger partial charge in [-0.05, 0) is 55.1 Å². The Morgan fingerprint density at radius 2 is 2.27 bits per heavy atom. The van der Waals surface area contributed by atoms with Crippen molar-refractivity contribution in [3.8, 4) is 0 Å². The van der Waals surface area contributed by atoms with Crippen LogP contribution >= 0.6 is 11.3 Å². The van der Waals surface area contributed by atoms with Crippen LogP contribution in [-0.2, 0) is 19.4 Å². The predicted octanol–water partition coefficient (Wildman–Crippen LogP) is 3.66. The molecule has 2 aromatic rings. The summed E-state index contributed by atoms with van der Waals surface area (Å²) < 4.78 is 14.5. The van der Waals surface area contributed by atoms with Crippen molar-refractivity contribution in [2.45, 2.75) is 33.2 Å². The molecule has 0 unspecified atom stereocenters. The van der Waals surface area contributed by atoms with E-state index in [0.717, 1.165) is 23.4 Å². The maximum Gasteiger partial charge on any atom is 0.265 e. The van der Waals surface area contributed by atoms with E-state index in [1.54, 1.807) is 6.07 Å². The monoisotopic (exact) mass is 318 g/mol. The Kier molecular flexibility index (Phi) is 4.27. The molecule has 0 radical (unpaired) electrons. The number of hydrogen-bond acceptors (Lipinski definition) is 3. The first-order chi connectivity index (χ1) is 10.6. The molecule has 116 valence electrons. The number of amides is 1. The van der Waals surface area contributed by atoms with Crippen LogP contribution in [0.25, 0.3) is 0 Å². The van der Waals surface area contributed by atoms with Crippen LogP contribution in [0.2, 0.25) is 0 Å². The number of carbonyl (C=O) groups is 1. The fourth-order valence-corrected chi connectivity index (χ4v) is 3.81. The molecule has 0 saturated carbocycles.